The van der Waals surface area contributed by atoms with Gasteiger partial charge in [0.15, 0.2) is 0 Å². The number of nitrogens with zero attached hydrogens (tertiary/aromatic N) is 1. The first kappa shape index (κ1) is 20.4. The van der Waals surface area contributed by atoms with E-state index >= 15 is 0 Å². The smallest absolute Gasteiger partial charge is 0.238 e. The Morgan fingerprint density at radius 1 is 1.23 bits per heavy atom. The first-order valence-corrected chi connectivity index (χ1v) is 9.66. The van der Waals surface area contributed by atoms with Gasteiger partial charge in [0.25, 0.3) is 0 Å². The Hall–Kier alpha value is -1.88. The van der Waals surface area contributed by atoms with Gasteiger partial charge < -0.3 is 10.6 Å². The molecular formula is C21H33N3O2. The lowest BCUT2D eigenvalue weighted by Gasteiger charge is -2.32. The molecule has 1 aliphatic carbocycles. The molecule has 1 aromatic rings. The number of carbonyl (C=O) groups is 2. The largest absolute Gasteiger partial charge is 0.352 e. The molecule has 1 saturated carbocycles. The summed E-state index contributed by atoms with van der Waals surface area (Å²) in [4.78, 5) is 26.7. The van der Waals surface area contributed by atoms with Crippen molar-refractivity contribution in [3.05, 3.63) is 29.3 Å². The maximum Gasteiger partial charge on any atom is 0.238 e. The molecule has 3 atom stereocenters. The van der Waals surface area contributed by atoms with Gasteiger partial charge in [-0.05, 0) is 63.8 Å². The van der Waals surface area contributed by atoms with Gasteiger partial charge in [0.2, 0.25) is 11.8 Å². The minimum absolute atomic E-state index is 0.00536. The predicted molar refractivity (Wildman–Crippen MR) is 106 cm³/mol. The van der Waals surface area contributed by atoms with Crippen molar-refractivity contribution in [3.8, 4) is 0 Å². The van der Waals surface area contributed by atoms with Crippen LogP contribution in [-0.4, -0.2) is 42.4 Å². The topological polar surface area (TPSA) is 61.4 Å². The molecule has 0 heterocycles. The van der Waals surface area contributed by atoms with E-state index < -0.39 is 0 Å². The summed E-state index contributed by atoms with van der Waals surface area (Å²) in [5.41, 5.74) is 3.04. The first-order chi connectivity index (χ1) is 12.3. The molecule has 0 aliphatic heterocycles. The van der Waals surface area contributed by atoms with Crippen LogP contribution in [0.4, 0.5) is 5.69 Å². The van der Waals surface area contributed by atoms with Gasteiger partial charge in [-0.25, -0.2) is 0 Å². The van der Waals surface area contributed by atoms with Crippen LogP contribution < -0.4 is 10.6 Å². The van der Waals surface area contributed by atoms with Crippen molar-refractivity contribution < 1.29 is 9.59 Å². The molecule has 26 heavy (non-hydrogen) atoms. The monoisotopic (exact) mass is 359 g/mol. The third kappa shape index (κ3) is 5.31. The fourth-order valence-corrected chi connectivity index (χ4v) is 3.47. The summed E-state index contributed by atoms with van der Waals surface area (Å²) in [5.74, 6) is 0.426. The highest BCUT2D eigenvalue weighted by Gasteiger charge is 2.26. The van der Waals surface area contributed by atoms with E-state index in [1.165, 1.54) is 19.3 Å². The van der Waals surface area contributed by atoms with Crippen molar-refractivity contribution >= 4 is 17.5 Å². The molecule has 2 N–H and O–H groups in total. The molecule has 2 amide bonds. The molecule has 1 fully saturated rings. The van der Waals surface area contributed by atoms with E-state index in [0.29, 0.717) is 5.92 Å². The molecule has 144 valence electrons. The van der Waals surface area contributed by atoms with Crippen molar-refractivity contribution in [2.75, 3.05) is 18.9 Å². The summed E-state index contributed by atoms with van der Waals surface area (Å²) in [6.45, 7) is 8.26. The van der Waals surface area contributed by atoms with E-state index in [0.717, 1.165) is 23.2 Å². The number of hydrogen-bond acceptors (Lipinski definition) is 3. The van der Waals surface area contributed by atoms with Crippen LogP contribution >= 0.6 is 0 Å². The Labute approximate surface area is 157 Å². The highest BCUT2D eigenvalue weighted by atomic mass is 16.2. The van der Waals surface area contributed by atoms with Crippen LogP contribution in [-0.2, 0) is 9.59 Å². The lowest BCUT2D eigenvalue weighted by molar-refractivity contribution is -0.127. The second-order valence-corrected chi connectivity index (χ2v) is 7.76. The van der Waals surface area contributed by atoms with E-state index in [4.69, 9.17) is 0 Å². The van der Waals surface area contributed by atoms with Gasteiger partial charge in [0.1, 0.15) is 0 Å². The number of likely N-dealkylation sites (N-methyl/N-ethyl adjacent to an activating group) is 1. The molecule has 0 bridgehead atoms. The molecular weight excluding hydrogens is 326 g/mol. The van der Waals surface area contributed by atoms with Crippen LogP contribution in [0.15, 0.2) is 18.2 Å². The second kappa shape index (κ2) is 9.17. The molecule has 1 aliphatic rings. The predicted octanol–water partition coefficient (Wildman–Crippen LogP) is 3.26. The van der Waals surface area contributed by atoms with Crippen molar-refractivity contribution in [3.63, 3.8) is 0 Å². The average Bonchev–Trinajstić information content (AvgIpc) is 2.60. The van der Waals surface area contributed by atoms with Crippen LogP contribution in [0.25, 0.3) is 0 Å². The Morgan fingerprint density at radius 2 is 1.92 bits per heavy atom. The van der Waals surface area contributed by atoms with E-state index in [-0.39, 0.29) is 30.4 Å². The first-order valence-electron chi connectivity index (χ1n) is 9.66. The Balaban J connectivity index is 1.87. The van der Waals surface area contributed by atoms with E-state index in [9.17, 15) is 9.59 Å². The maximum atomic E-state index is 12.6. The molecule has 3 unspecified atom stereocenters. The number of benzene rings is 1. The van der Waals surface area contributed by atoms with Crippen LogP contribution in [0.5, 0.6) is 0 Å². The van der Waals surface area contributed by atoms with Gasteiger partial charge in [-0.3, -0.25) is 14.5 Å². The van der Waals surface area contributed by atoms with Gasteiger partial charge >= 0.3 is 0 Å². The summed E-state index contributed by atoms with van der Waals surface area (Å²) < 4.78 is 0. The lowest BCUT2D eigenvalue weighted by atomic mass is 9.86. The molecule has 0 spiro atoms. The van der Waals surface area contributed by atoms with Crippen LogP contribution in [0.3, 0.4) is 0 Å². The lowest BCUT2D eigenvalue weighted by Crippen LogP contribution is -2.50. The van der Waals surface area contributed by atoms with Gasteiger partial charge in [0.05, 0.1) is 12.6 Å². The van der Waals surface area contributed by atoms with E-state index in [1.807, 2.05) is 46.0 Å². The Kier molecular flexibility index (Phi) is 7.21. The summed E-state index contributed by atoms with van der Waals surface area (Å²) in [7, 11) is 1.82. The zero-order valence-corrected chi connectivity index (χ0v) is 16.8. The number of amides is 2. The Bertz CT molecular complexity index is 644. The summed E-state index contributed by atoms with van der Waals surface area (Å²) >= 11 is 0. The number of aryl methyl sites for hydroxylation is 1. The maximum absolute atomic E-state index is 12.6. The van der Waals surface area contributed by atoms with Gasteiger partial charge in [0, 0.05) is 11.7 Å². The third-order valence-corrected chi connectivity index (χ3v) is 5.75. The highest BCUT2D eigenvalue weighted by Crippen LogP contribution is 2.24. The number of anilines is 1. The van der Waals surface area contributed by atoms with Gasteiger partial charge in [-0.1, -0.05) is 31.9 Å². The van der Waals surface area contributed by atoms with Crippen molar-refractivity contribution in [2.45, 2.75) is 65.5 Å². The zero-order chi connectivity index (χ0) is 19.3. The number of carbonyl (C=O) groups excluding carboxylic acids is 2. The average molecular weight is 360 g/mol. The van der Waals surface area contributed by atoms with E-state index in [2.05, 4.69) is 17.6 Å². The third-order valence-electron chi connectivity index (χ3n) is 5.75. The molecule has 1 aromatic carbocycles. The zero-order valence-electron chi connectivity index (χ0n) is 16.8. The number of rotatable bonds is 6. The van der Waals surface area contributed by atoms with Gasteiger partial charge in [-0.15, -0.1) is 0 Å². The molecule has 2 rings (SSSR count). The standard InChI is InChI=1S/C21H33N3O2/c1-14-10-8-12-19(16(14)3)22-20(25)13-24(5)17(4)21(26)23-18-11-7-6-9-15(18)2/h8,10,12,15,17-18H,6-7,9,11,13H2,1-5H3,(H,22,25)(H,23,26). The quantitative estimate of drug-likeness (QED) is 0.819. The van der Waals surface area contributed by atoms with Crippen molar-refractivity contribution in [1.29, 1.82) is 0 Å². The second-order valence-electron chi connectivity index (χ2n) is 7.76. The summed E-state index contributed by atoms with van der Waals surface area (Å²) in [5, 5.41) is 6.13. The Morgan fingerprint density at radius 3 is 2.62 bits per heavy atom. The minimum Gasteiger partial charge on any atom is -0.352 e. The molecule has 0 saturated heterocycles. The van der Waals surface area contributed by atoms with Crippen LogP contribution in [0.1, 0.15) is 50.7 Å². The fraction of sp³-hybridized carbons (Fsp3) is 0.619. The normalized spacial score (nSPS) is 21.3. The van der Waals surface area contributed by atoms with Crippen LogP contribution in [0.2, 0.25) is 0 Å². The van der Waals surface area contributed by atoms with Gasteiger partial charge in [-0.2, -0.15) is 0 Å². The highest BCUT2D eigenvalue weighted by molar-refractivity contribution is 5.93. The minimum atomic E-state index is -0.339. The fourth-order valence-electron chi connectivity index (χ4n) is 3.47. The SMILES string of the molecule is Cc1cccc(NC(=O)CN(C)C(C)C(=O)NC2CCCCC2C)c1C. The molecule has 5 heteroatoms. The van der Waals surface area contributed by atoms with E-state index in [1.54, 1.807) is 4.90 Å². The molecule has 5 nitrogen and oxygen atoms in total. The summed E-state index contributed by atoms with van der Waals surface area (Å²) in [6, 6.07) is 5.78. The summed E-state index contributed by atoms with van der Waals surface area (Å²) in [6.07, 6.45) is 4.66. The molecule has 0 radical (unpaired) electrons. The van der Waals surface area contributed by atoms with Crippen molar-refractivity contribution in [1.82, 2.24) is 10.2 Å². The molecule has 0 aromatic heterocycles. The number of nitrogens with one attached hydrogen (secondary N) is 2. The number of hydrogen-bond donors (Lipinski definition) is 2. The van der Waals surface area contributed by atoms with Crippen LogP contribution in [0, 0.1) is 19.8 Å². The van der Waals surface area contributed by atoms with Crippen molar-refractivity contribution in [2.24, 2.45) is 5.92 Å².